The topological polar surface area (TPSA) is 24.5 Å². The number of hydrogen-bond donors (Lipinski definition) is 1. The van der Waals surface area contributed by atoms with Crippen LogP contribution < -0.4 is 10.2 Å². The van der Waals surface area contributed by atoms with E-state index in [-0.39, 0.29) is 0 Å². The molecular weight excluding hydrogens is 212 g/mol. The molecule has 0 aromatic heterocycles. The molecular formula is C14H24N2O. The van der Waals surface area contributed by atoms with Crippen molar-refractivity contribution >= 4 is 11.4 Å². The third kappa shape index (κ3) is 4.65. The Hall–Kier alpha value is -1.22. The lowest BCUT2D eigenvalue weighted by Crippen LogP contribution is -2.11. The van der Waals surface area contributed by atoms with E-state index in [1.807, 2.05) is 0 Å². The van der Waals surface area contributed by atoms with Gasteiger partial charge in [-0.15, -0.1) is 0 Å². The standard InChI is InChI=1S/C14H24N2O/c1-12-7-8-13(11-14(12)16(2)3)15-9-5-6-10-17-4/h7-8,11,15H,5-6,9-10H2,1-4H3. The fraction of sp³-hybridized carbons (Fsp3) is 0.571. The number of ether oxygens (including phenoxy) is 1. The van der Waals surface area contributed by atoms with Gasteiger partial charge in [0.1, 0.15) is 0 Å². The summed E-state index contributed by atoms with van der Waals surface area (Å²) in [5, 5.41) is 3.44. The van der Waals surface area contributed by atoms with Crippen LogP contribution in [0.2, 0.25) is 0 Å². The van der Waals surface area contributed by atoms with E-state index < -0.39 is 0 Å². The summed E-state index contributed by atoms with van der Waals surface area (Å²) in [4.78, 5) is 2.14. The summed E-state index contributed by atoms with van der Waals surface area (Å²) in [6.45, 7) is 3.98. The molecule has 0 unspecified atom stereocenters. The third-order valence-electron chi connectivity index (χ3n) is 2.80. The number of methoxy groups -OCH3 is 1. The predicted octanol–water partition coefficient (Wildman–Crippen LogP) is 2.90. The summed E-state index contributed by atoms with van der Waals surface area (Å²) < 4.78 is 5.03. The second kappa shape index (κ2) is 7.17. The minimum Gasteiger partial charge on any atom is -0.385 e. The molecule has 0 saturated carbocycles. The van der Waals surface area contributed by atoms with Crippen molar-refractivity contribution < 1.29 is 4.74 Å². The minimum absolute atomic E-state index is 0.846. The number of nitrogens with one attached hydrogen (secondary N) is 1. The van der Waals surface area contributed by atoms with Gasteiger partial charge in [0.15, 0.2) is 0 Å². The van der Waals surface area contributed by atoms with Crippen LogP contribution in [-0.4, -0.2) is 34.4 Å². The van der Waals surface area contributed by atoms with E-state index in [1.165, 1.54) is 16.9 Å². The molecule has 1 N–H and O–H groups in total. The minimum atomic E-state index is 0.846. The molecule has 96 valence electrons. The van der Waals surface area contributed by atoms with Crippen LogP contribution in [0, 0.1) is 6.92 Å². The zero-order valence-electron chi connectivity index (χ0n) is 11.4. The quantitative estimate of drug-likeness (QED) is 0.737. The summed E-state index contributed by atoms with van der Waals surface area (Å²) >= 11 is 0. The number of benzene rings is 1. The third-order valence-corrected chi connectivity index (χ3v) is 2.80. The van der Waals surface area contributed by atoms with Crippen molar-refractivity contribution in [2.75, 3.05) is 44.6 Å². The fourth-order valence-corrected chi connectivity index (χ4v) is 1.81. The van der Waals surface area contributed by atoms with Crippen LogP contribution in [0.4, 0.5) is 11.4 Å². The van der Waals surface area contributed by atoms with Gasteiger partial charge >= 0.3 is 0 Å². The van der Waals surface area contributed by atoms with Gasteiger partial charge < -0.3 is 15.0 Å². The fourth-order valence-electron chi connectivity index (χ4n) is 1.81. The highest BCUT2D eigenvalue weighted by atomic mass is 16.5. The van der Waals surface area contributed by atoms with Crippen molar-refractivity contribution in [3.05, 3.63) is 23.8 Å². The first-order valence-electron chi connectivity index (χ1n) is 6.16. The molecule has 0 aliphatic heterocycles. The monoisotopic (exact) mass is 236 g/mol. The maximum absolute atomic E-state index is 5.03. The zero-order chi connectivity index (χ0) is 12.7. The van der Waals surface area contributed by atoms with E-state index >= 15 is 0 Å². The second-order valence-corrected chi connectivity index (χ2v) is 4.52. The molecule has 1 rings (SSSR count). The molecule has 0 aliphatic rings. The van der Waals surface area contributed by atoms with Crippen molar-refractivity contribution in [1.82, 2.24) is 0 Å². The molecule has 0 spiro atoms. The Bertz CT molecular complexity index is 337. The Morgan fingerprint density at radius 3 is 2.65 bits per heavy atom. The van der Waals surface area contributed by atoms with Gasteiger partial charge in [-0.1, -0.05) is 6.07 Å². The van der Waals surface area contributed by atoms with Crippen molar-refractivity contribution in [3.63, 3.8) is 0 Å². The van der Waals surface area contributed by atoms with Gasteiger partial charge in [-0.2, -0.15) is 0 Å². The van der Waals surface area contributed by atoms with E-state index in [2.05, 4.69) is 49.4 Å². The molecule has 0 radical (unpaired) electrons. The van der Waals surface area contributed by atoms with Crippen LogP contribution in [0.15, 0.2) is 18.2 Å². The highest BCUT2D eigenvalue weighted by Crippen LogP contribution is 2.22. The van der Waals surface area contributed by atoms with Crippen LogP contribution in [-0.2, 0) is 4.74 Å². The highest BCUT2D eigenvalue weighted by molar-refractivity contribution is 5.61. The predicted molar refractivity (Wildman–Crippen MR) is 75.1 cm³/mol. The average molecular weight is 236 g/mol. The van der Waals surface area contributed by atoms with Crippen molar-refractivity contribution in [1.29, 1.82) is 0 Å². The normalized spacial score (nSPS) is 10.4. The second-order valence-electron chi connectivity index (χ2n) is 4.52. The number of anilines is 2. The molecule has 0 fully saturated rings. The Morgan fingerprint density at radius 2 is 2.00 bits per heavy atom. The zero-order valence-corrected chi connectivity index (χ0v) is 11.4. The molecule has 0 bridgehead atoms. The molecule has 0 amide bonds. The van der Waals surface area contributed by atoms with Crippen molar-refractivity contribution in [3.8, 4) is 0 Å². The molecule has 17 heavy (non-hydrogen) atoms. The summed E-state index contributed by atoms with van der Waals surface area (Å²) in [5.74, 6) is 0. The lowest BCUT2D eigenvalue weighted by molar-refractivity contribution is 0.194. The average Bonchev–Trinajstić information content (AvgIpc) is 2.30. The van der Waals surface area contributed by atoms with E-state index in [4.69, 9.17) is 4.74 Å². The van der Waals surface area contributed by atoms with Gasteiger partial charge in [-0.3, -0.25) is 0 Å². The van der Waals surface area contributed by atoms with E-state index in [0.717, 1.165) is 26.0 Å². The molecule has 3 nitrogen and oxygen atoms in total. The van der Waals surface area contributed by atoms with Crippen molar-refractivity contribution in [2.24, 2.45) is 0 Å². The molecule has 0 heterocycles. The van der Waals surface area contributed by atoms with Crippen molar-refractivity contribution in [2.45, 2.75) is 19.8 Å². The number of aryl methyl sites for hydroxylation is 1. The first kappa shape index (κ1) is 13.8. The molecule has 1 aromatic rings. The smallest absolute Gasteiger partial charge is 0.0462 e. The molecule has 0 aliphatic carbocycles. The van der Waals surface area contributed by atoms with Gasteiger partial charge in [-0.25, -0.2) is 0 Å². The molecule has 0 saturated heterocycles. The largest absolute Gasteiger partial charge is 0.385 e. The maximum Gasteiger partial charge on any atom is 0.0462 e. The summed E-state index contributed by atoms with van der Waals surface area (Å²) in [5.41, 5.74) is 3.77. The molecule has 3 heteroatoms. The van der Waals surface area contributed by atoms with Gasteiger partial charge in [0.25, 0.3) is 0 Å². The summed E-state index contributed by atoms with van der Waals surface area (Å²) in [6, 6.07) is 6.50. The Balaban J connectivity index is 2.46. The number of hydrogen-bond acceptors (Lipinski definition) is 3. The summed E-state index contributed by atoms with van der Waals surface area (Å²) in [7, 11) is 5.90. The van der Waals surface area contributed by atoms with Crippen LogP contribution in [0.25, 0.3) is 0 Å². The van der Waals surface area contributed by atoms with Crippen LogP contribution in [0.5, 0.6) is 0 Å². The molecule has 0 atom stereocenters. The van der Waals surface area contributed by atoms with E-state index in [1.54, 1.807) is 7.11 Å². The molecule has 1 aromatic carbocycles. The van der Waals surface area contributed by atoms with Crippen LogP contribution >= 0.6 is 0 Å². The summed E-state index contributed by atoms with van der Waals surface area (Å²) in [6.07, 6.45) is 2.24. The Kier molecular flexibility index (Phi) is 5.84. The highest BCUT2D eigenvalue weighted by Gasteiger charge is 2.01. The van der Waals surface area contributed by atoms with Gasteiger partial charge in [-0.05, 0) is 37.5 Å². The lowest BCUT2D eigenvalue weighted by Gasteiger charge is -2.17. The SMILES string of the molecule is COCCCCNc1ccc(C)c(N(C)C)c1. The Morgan fingerprint density at radius 1 is 1.24 bits per heavy atom. The van der Waals surface area contributed by atoms with E-state index in [9.17, 15) is 0 Å². The van der Waals surface area contributed by atoms with Gasteiger partial charge in [0, 0.05) is 45.7 Å². The Labute approximate surface area is 105 Å². The first-order chi connectivity index (χ1) is 8.15. The first-order valence-corrected chi connectivity index (χ1v) is 6.16. The number of unbranched alkanes of at least 4 members (excludes halogenated alkanes) is 1. The van der Waals surface area contributed by atoms with Gasteiger partial charge in [0.2, 0.25) is 0 Å². The maximum atomic E-state index is 5.03. The van der Waals surface area contributed by atoms with Gasteiger partial charge in [0.05, 0.1) is 0 Å². The van der Waals surface area contributed by atoms with Crippen LogP contribution in [0.1, 0.15) is 18.4 Å². The lowest BCUT2D eigenvalue weighted by atomic mass is 10.1. The number of rotatable bonds is 7. The van der Waals surface area contributed by atoms with E-state index in [0.29, 0.717) is 0 Å². The number of nitrogens with zero attached hydrogens (tertiary/aromatic N) is 1. The van der Waals surface area contributed by atoms with Crippen LogP contribution in [0.3, 0.4) is 0 Å².